The summed E-state index contributed by atoms with van der Waals surface area (Å²) in [5.41, 5.74) is 0.111. The molecule has 17 heavy (non-hydrogen) atoms. The summed E-state index contributed by atoms with van der Waals surface area (Å²) < 4.78 is 9.88. The highest BCUT2D eigenvalue weighted by atomic mass is 16.3. The normalized spacial score (nSPS) is 9.82. The summed E-state index contributed by atoms with van der Waals surface area (Å²) in [7, 11) is 0. The molecule has 0 radical (unpaired) electrons. The second-order valence-corrected chi connectivity index (χ2v) is 3.23. The van der Waals surface area contributed by atoms with Crippen LogP contribution in [-0.2, 0) is 0 Å². The van der Waals surface area contributed by atoms with Gasteiger partial charge < -0.3 is 8.83 Å². The Morgan fingerprint density at radius 3 is 2.71 bits per heavy atom. The second kappa shape index (κ2) is 4.49. The van der Waals surface area contributed by atoms with Crippen molar-refractivity contribution in [3.63, 3.8) is 0 Å². The van der Waals surface area contributed by atoms with Crippen LogP contribution in [0.1, 0.15) is 33.1 Å². The van der Waals surface area contributed by atoms with Crippen LogP contribution in [0.25, 0.3) is 0 Å². The van der Waals surface area contributed by atoms with Gasteiger partial charge in [-0.25, -0.2) is 0 Å². The van der Waals surface area contributed by atoms with Gasteiger partial charge in [0, 0.05) is 0 Å². The first-order valence-corrected chi connectivity index (χ1v) is 4.80. The van der Waals surface area contributed by atoms with Gasteiger partial charge in [-0.1, -0.05) is 0 Å². The van der Waals surface area contributed by atoms with Crippen LogP contribution in [0.3, 0.4) is 0 Å². The maximum absolute atomic E-state index is 11.9. The van der Waals surface area contributed by atoms with Crippen LogP contribution in [0.15, 0.2) is 39.6 Å². The highest BCUT2D eigenvalue weighted by Gasteiger charge is 2.22. The van der Waals surface area contributed by atoms with Crippen LogP contribution in [0.2, 0.25) is 0 Å². The number of carbonyl (C=O) groups is 2. The Morgan fingerprint density at radius 2 is 2.06 bits per heavy atom. The molecule has 84 valence electrons. The molecule has 0 saturated heterocycles. The van der Waals surface area contributed by atoms with Crippen molar-refractivity contribution >= 4 is 11.6 Å². The maximum Gasteiger partial charge on any atom is 0.232 e. The van der Waals surface area contributed by atoms with Crippen LogP contribution in [0, 0.1) is 11.3 Å². The Balaban J connectivity index is 2.35. The van der Waals surface area contributed by atoms with Crippen molar-refractivity contribution in [2.24, 2.45) is 0 Å². The van der Waals surface area contributed by atoms with E-state index >= 15 is 0 Å². The average Bonchev–Trinajstić information content (AvgIpc) is 3.00. The molecule has 0 saturated carbocycles. The highest BCUT2D eigenvalue weighted by molar-refractivity contribution is 6.13. The summed E-state index contributed by atoms with van der Waals surface area (Å²) in [6, 6.07) is 6.16. The van der Waals surface area contributed by atoms with Crippen LogP contribution in [-0.4, -0.2) is 11.6 Å². The number of furan rings is 2. The van der Waals surface area contributed by atoms with Gasteiger partial charge in [0.1, 0.15) is 6.42 Å². The van der Waals surface area contributed by atoms with Crippen molar-refractivity contribution in [1.29, 1.82) is 5.26 Å². The third-order valence-corrected chi connectivity index (χ3v) is 2.15. The fourth-order valence-corrected chi connectivity index (χ4v) is 1.40. The van der Waals surface area contributed by atoms with Gasteiger partial charge in [0.25, 0.3) is 0 Å². The summed E-state index contributed by atoms with van der Waals surface area (Å²) in [6.07, 6.45) is 2.27. The molecule has 0 N–H and O–H groups in total. The average molecular weight is 229 g/mol. The van der Waals surface area contributed by atoms with E-state index in [0.29, 0.717) is 0 Å². The first-order valence-electron chi connectivity index (χ1n) is 4.80. The molecule has 5 nitrogen and oxygen atoms in total. The third-order valence-electron chi connectivity index (χ3n) is 2.15. The van der Waals surface area contributed by atoms with E-state index in [-0.39, 0.29) is 23.5 Å². The van der Waals surface area contributed by atoms with Gasteiger partial charge >= 0.3 is 0 Å². The monoisotopic (exact) mass is 229 g/mol. The smallest absolute Gasteiger partial charge is 0.232 e. The molecule has 0 unspecified atom stereocenters. The molecule has 2 aromatic heterocycles. The van der Waals surface area contributed by atoms with Crippen molar-refractivity contribution in [3.8, 4) is 6.07 Å². The Kier molecular flexibility index (Phi) is 2.88. The lowest BCUT2D eigenvalue weighted by atomic mass is 10.1. The van der Waals surface area contributed by atoms with Gasteiger partial charge in [-0.15, -0.1) is 0 Å². The fourth-order valence-electron chi connectivity index (χ4n) is 1.40. The van der Waals surface area contributed by atoms with E-state index in [4.69, 9.17) is 14.1 Å². The Bertz CT molecular complexity index is 586. The number of rotatable bonds is 4. The largest absolute Gasteiger partial charge is 0.461 e. The van der Waals surface area contributed by atoms with Gasteiger partial charge in [0.15, 0.2) is 11.5 Å². The quantitative estimate of drug-likeness (QED) is 0.750. The second-order valence-electron chi connectivity index (χ2n) is 3.23. The van der Waals surface area contributed by atoms with Crippen molar-refractivity contribution in [2.45, 2.75) is 6.42 Å². The number of carbonyl (C=O) groups excluding carboxylic acids is 2. The third kappa shape index (κ3) is 2.01. The molecule has 0 amide bonds. The van der Waals surface area contributed by atoms with Crippen LogP contribution >= 0.6 is 0 Å². The van der Waals surface area contributed by atoms with Crippen molar-refractivity contribution in [2.75, 3.05) is 0 Å². The Morgan fingerprint density at radius 1 is 1.24 bits per heavy atom. The number of ketones is 2. The molecule has 5 heteroatoms. The van der Waals surface area contributed by atoms with Crippen LogP contribution in [0.5, 0.6) is 0 Å². The van der Waals surface area contributed by atoms with Gasteiger partial charge in [-0.3, -0.25) is 9.59 Å². The number of hydrogen-bond acceptors (Lipinski definition) is 5. The summed E-state index contributed by atoms with van der Waals surface area (Å²) in [6.45, 7) is 0. The molecule has 2 aromatic rings. The number of hydrogen-bond donors (Lipinski definition) is 0. The topological polar surface area (TPSA) is 84.2 Å². The molecule has 0 bridgehead atoms. The van der Waals surface area contributed by atoms with Crippen molar-refractivity contribution < 1.29 is 18.4 Å². The lowest BCUT2D eigenvalue weighted by molar-refractivity contribution is 0.0949. The van der Waals surface area contributed by atoms with Gasteiger partial charge in [-0.05, 0) is 18.2 Å². The molecule has 0 atom stereocenters. The van der Waals surface area contributed by atoms with Gasteiger partial charge in [0.2, 0.25) is 11.6 Å². The van der Waals surface area contributed by atoms with E-state index in [0.717, 1.165) is 0 Å². The SMILES string of the molecule is N#CCC(=O)c1occc1C(=O)c1ccco1. The molecular weight excluding hydrogens is 222 g/mol. The summed E-state index contributed by atoms with van der Waals surface area (Å²) in [4.78, 5) is 23.4. The number of nitrogens with zero attached hydrogens (tertiary/aromatic N) is 1. The molecule has 0 aliphatic carbocycles. The highest BCUT2D eigenvalue weighted by Crippen LogP contribution is 2.17. The molecule has 0 fully saturated rings. The molecule has 0 spiro atoms. The first kappa shape index (κ1) is 10.9. The predicted octanol–water partition coefficient (Wildman–Crippen LogP) is 2.20. The molecular formula is C12H7NO4. The number of Topliss-reactive ketones (excluding diaryl/α,β-unsaturated/α-hetero) is 1. The predicted molar refractivity (Wildman–Crippen MR) is 55.4 cm³/mol. The first-order chi connectivity index (χ1) is 8.24. The van der Waals surface area contributed by atoms with E-state index in [2.05, 4.69) is 0 Å². The molecule has 0 aliphatic heterocycles. The lowest BCUT2D eigenvalue weighted by Crippen LogP contribution is -2.06. The summed E-state index contributed by atoms with van der Waals surface area (Å²) in [5, 5.41) is 8.43. The molecule has 2 rings (SSSR count). The zero-order valence-corrected chi connectivity index (χ0v) is 8.67. The Labute approximate surface area is 96.3 Å². The fraction of sp³-hybridized carbons (Fsp3) is 0.0833. The zero-order chi connectivity index (χ0) is 12.3. The minimum atomic E-state index is -0.521. The van der Waals surface area contributed by atoms with E-state index in [9.17, 15) is 9.59 Å². The van der Waals surface area contributed by atoms with Crippen molar-refractivity contribution in [3.05, 3.63) is 47.8 Å². The van der Waals surface area contributed by atoms with E-state index in [1.54, 1.807) is 12.1 Å². The minimum absolute atomic E-state index is 0.104. The molecule has 0 aromatic carbocycles. The Hall–Kier alpha value is -2.61. The standard InChI is InChI=1S/C12H7NO4/c13-5-3-9(14)12-8(4-7-17-12)11(15)10-2-1-6-16-10/h1-2,4,6-7H,3H2. The number of nitriles is 1. The zero-order valence-electron chi connectivity index (χ0n) is 8.67. The molecule has 2 heterocycles. The summed E-state index contributed by atoms with van der Waals surface area (Å²) >= 11 is 0. The van der Waals surface area contributed by atoms with Crippen LogP contribution in [0.4, 0.5) is 0 Å². The lowest BCUT2D eigenvalue weighted by Gasteiger charge is -1.96. The van der Waals surface area contributed by atoms with Gasteiger partial charge in [0.05, 0.1) is 24.2 Å². The minimum Gasteiger partial charge on any atom is -0.461 e. The van der Waals surface area contributed by atoms with Crippen molar-refractivity contribution in [1.82, 2.24) is 0 Å². The van der Waals surface area contributed by atoms with Gasteiger partial charge in [-0.2, -0.15) is 5.26 Å². The van der Waals surface area contributed by atoms with Crippen LogP contribution < -0.4 is 0 Å². The maximum atomic E-state index is 11.9. The van der Waals surface area contributed by atoms with E-state index in [1.165, 1.54) is 24.7 Å². The van der Waals surface area contributed by atoms with E-state index in [1.807, 2.05) is 0 Å². The summed E-state index contributed by atoms with van der Waals surface area (Å²) in [5.74, 6) is -0.942. The van der Waals surface area contributed by atoms with E-state index < -0.39 is 11.6 Å². The molecule has 0 aliphatic rings.